The quantitative estimate of drug-likeness (QED) is 0.416. The van der Waals surface area contributed by atoms with Crippen LogP contribution in [0, 0.1) is 6.92 Å². The van der Waals surface area contributed by atoms with Gasteiger partial charge < -0.3 is 15.4 Å². The maximum absolute atomic E-state index is 5.90. The molecule has 22 heavy (non-hydrogen) atoms. The number of benzene rings is 1. The van der Waals surface area contributed by atoms with Crippen LogP contribution >= 0.6 is 11.8 Å². The van der Waals surface area contributed by atoms with E-state index in [2.05, 4.69) is 47.9 Å². The van der Waals surface area contributed by atoms with E-state index in [-0.39, 0.29) is 6.10 Å². The maximum Gasteiger partial charge on any atom is 0.191 e. The topological polar surface area (TPSA) is 45.7 Å². The number of aryl methyl sites for hydroxylation is 1. The lowest BCUT2D eigenvalue weighted by molar-refractivity contribution is 0.223. The Hall–Kier alpha value is -1.36. The Bertz CT molecular complexity index is 451. The molecule has 0 spiro atoms. The SMILES string of the molecule is CN=C(NCCCCSC)NCC(C)Oc1cccc(C)c1. The fraction of sp³-hybridized carbons (Fsp3) is 0.588. The molecule has 5 heteroatoms. The molecule has 1 aromatic carbocycles. The van der Waals surface area contributed by atoms with Crippen LogP contribution in [-0.2, 0) is 0 Å². The van der Waals surface area contributed by atoms with Crippen LogP contribution in [0.15, 0.2) is 29.3 Å². The molecule has 124 valence electrons. The second kappa shape index (κ2) is 11.2. The first-order chi connectivity index (χ1) is 10.7. The Labute approximate surface area is 139 Å². The fourth-order valence-electron chi connectivity index (χ4n) is 2.00. The van der Waals surface area contributed by atoms with Gasteiger partial charge >= 0.3 is 0 Å². The molecule has 0 saturated heterocycles. The predicted octanol–water partition coefficient (Wildman–Crippen LogP) is 3.07. The molecule has 0 aliphatic carbocycles. The van der Waals surface area contributed by atoms with Crippen LogP contribution in [0.25, 0.3) is 0 Å². The highest BCUT2D eigenvalue weighted by molar-refractivity contribution is 7.98. The van der Waals surface area contributed by atoms with Crippen molar-refractivity contribution in [2.24, 2.45) is 4.99 Å². The minimum Gasteiger partial charge on any atom is -0.489 e. The third-order valence-corrected chi connectivity index (χ3v) is 3.87. The Balaban J connectivity index is 2.24. The number of thioether (sulfide) groups is 1. The number of ether oxygens (including phenoxy) is 1. The van der Waals surface area contributed by atoms with Crippen LogP contribution in [-0.4, -0.2) is 44.2 Å². The maximum atomic E-state index is 5.90. The summed E-state index contributed by atoms with van der Waals surface area (Å²) in [6.45, 7) is 5.80. The Morgan fingerprint density at radius 1 is 1.32 bits per heavy atom. The minimum atomic E-state index is 0.0804. The number of nitrogens with zero attached hydrogens (tertiary/aromatic N) is 1. The van der Waals surface area contributed by atoms with Gasteiger partial charge in [0.15, 0.2) is 5.96 Å². The van der Waals surface area contributed by atoms with E-state index in [0.29, 0.717) is 0 Å². The summed E-state index contributed by atoms with van der Waals surface area (Å²) in [6, 6.07) is 8.12. The van der Waals surface area contributed by atoms with Crippen molar-refractivity contribution in [3.63, 3.8) is 0 Å². The van der Waals surface area contributed by atoms with E-state index >= 15 is 0 Å². The van der Waals surface area contributed by atoms with Crippen molar-refractivity contribution in [3.8, 4) is 5.75 Å². The normalized spacial score (nSPS) is 12.8. The summed E-state index contributed by atoms with van der Waals surface area (Å²) in [5.41, 5.74) is 1.21. The fourth-order valence-corrected chi connectivity index (χ4v) is 2.49. The summed E-state index contributed by atoms with van der Waals surface area (Å²) in [6.07, 6.45) is 4.62. The summed E-state index contributed by atoms with van der Waals surface area (Å²) in [5, 5.41) is 6.63. The van der Waals surface area contributed by atoms with Crippen molar-refractivity contribution in [1.82, 2.24) is 10.6 Å². The number of aliphatic imine (C=N–C) groups is 1. The van der Waals surface area contributed by atoms with Crippen molar-refractivity contribution in [3.05, 3.63) is 29.8 Å². The van der Waals surface area contributed by atoms with Gasteiger partial charge in [0, 0.05) is 13.6 Å². The molecule has 0 aliphatic heterocycles. The van der Waals surface area contributed by atoms with Gasteiger partial charge in [0.05, 0.1) is 6.54 Å². The Morgan fingerprint density at radius 3 is 2.82 bits per heavy atom. The van der Waals surface area contributed by atoms with Crippen LogP contribution in [0.5, 0.6) is 5.75 Å². The number of guanidine groups is 1. The number of unbranched alkanes of at least 4 members (excludes halogenated alkanes) is 1. The van der Waals surface area contributed by atoms with Crippen LogP contribution in [0.2, 0.25) is 0 Å². The van der Waals surface area contributed by atoms with Crippen molar-refractivity contribution >= 4 is 17.7 Å². The van der Waals surface area contributed by atoms with Crippen LogP contribution in [0.1, 0.15) is 25.3 Å². The highest BCUT2D eigenvalue weighted by Gasteiger charge is 2.05. The minimum absolute atomic E-state index is 0.0804. The number of nitrogens with one attached hydrogen (secondary N) is 2. The van der Waals surface area contributed by atoms with Crippen molar-refractivity contribution < 1.29 is 4.74 Å². The molecule has 0 amide bonds. The Morgan fingerprint density at radius 2 is 2.14 bits per heavy atom. The van der Waals surface area contributed by atoms with Gasteiger partial charge in [0.25, 0.3) is 0 Å². The predicted molar refractivity (Wildman–Crippen MR) is 98.2 cm³/mol. The average Bonchev–Trinajstić information content (AvgIpc) is 2.50. The van der Waals surface area contributed by atoms with Gasteiger partial charge in [-0.2, -0.15) is 11.8 Å². The first-order valence-electron chi connectivity index (χ1n) is 7.82. The molecule has 0 heterocycles. The second-order valence-corrected chi connectivity index (χ2v) is 6.31. The summed E-state index contributed by atoms with van der Waals surface area (Å²) >= 11 is 1.89. The monoisotopic (exact) mass is 323 g/mol. The summed E-state index contributed by atoms with van der Waals surface area (Å²) in [7, 11) is 1.79. The molecule has 4 nitrogen and oxygen atoms in total. The molecular weight excluding hydrogens is 294 g/mol. The lowest BCUT2D eigenvalue weighted by atomic mass is 10.2. The van der Waals surface area contributed by atoms with Gasteiger partial charge in [-0.1, -0.05) is 12.1 Å². The molecule has 0 aromatic heterocycles. The molecule has 0 bridgehead atoms. The van der Waals surface area contributed by atoms with Gasteiger partial charge in [-0.15, -0.1) is 0 Å². The summed E-state index contributed by atoms with van der Waals surface area (Å²) in [5.74, 6) is 2.97. The highest BCUT2D eigenvalue weighted by atomic mass is 32.2. The first-order valence-corrected chi connectivity index (χ1v) is 9.22. The van der Waals surface area contributed by atoms with Gasteiger partial charge in [0.2, 0.25) is 0 Å². The van der Waals surface area contributed by atoms with Crippen molar-refractivity contribution in [1.29, 1.82) is 0 Å². The second-order valence-electron chi connectivity index (χ2n) is 5.32. The standard InChI is InChI=1S/C17H29N3OS/c1-14-8-7-9-16(12-14)21-15(2)13-20-17(18-3)19-10-5-6-11-22-4/h7-9,12,15H,5-6,10-11,13H2,1-4H3,(H2,18,19,20). The Kier molecular flexibility index (Phi) is 9.55. The van der Waals surface area contributed by atoms with E-state index in [4.69, 9.17) is 4.74 Å². The first kappa shape index (κ1) is 18.7. The third kappa shape index (κ3) is 8.17. The molecular formula is C17H29N3OS. The molecule has 0 fully saturated rings. The van der Waals surface area contributed by atoms with E-state index in [1.807, 2.05) is 23.9 Å². The van der Waals surface area contributed by atoms with Gasteiger partial charge in [-0.3, -0.25) is 4.99 Å². The summed E-state index contributed by atoms with van der Waals surface area (Å²) < 4.78 is 5.90. The molecule has 1 rings (SSSR count). The molecule has 1 atom stereocenters. The van der Waals surface area contributed by atoms with E-state index in [9.17, 15) is 0 Å². The number of hydrogen-bond donors (Lipinski definition) is 2. The van der Waals surface area contributed by atoms with Crippen LogP contribution in [0.3, 0.4) is 0 Å². The van der Waals surface area contributed by atoms with Crippen molar-refractivity contribution in [2.45, 2.75) is 32.8 Å². The molecule has 1 aromatic rings. The zero-order chi connectivity index (χ0) is 16.2. The molecule has 0 radical (unpaired) electrons. The lowest BCUT2D eigenvalue weighted by Gasteiger charge is -2.18. The average molecular weight is 324 g/mol. The van der Waals surface area contributed by atoms with E-state index in [0.717, 1.165) is 31.2 Å². The smallest absolute Gasteiger partial charge is 0.191 e. The lowest BCUT2D eigenvalue weighted by Crippen LogP contribution is -2.42. The molecule has 2 N–H and O–H groups in total. The zero-order valence-corrected chi connectivity index (χ0v) is 15.0. The van der Waals surface area contributed by atoms with Gasteiger partial charge in [-0.25, -0.2) is 0 Å². The third-order valence-electron chi connectivity index (χ3n) is 3.18. The van der Waals surface area contributed by atoms with Crippen LogP contribution < -0.4 is 15.4 Å². The van der Waals surface area contributed by atoms with E-state index < -0.39 is 0 Å². The number of hydrogen-bond acceptors (Lipinski definition) is 3. The summed E-state index contributed by atoms with van der Waals surface area (Å²) in [4.78, 5) is 4.23. The van der Waals surface area contributed by atoms with Crippen LogP contribution in [0.4, 0.5) is 0 Å². The van der Waals surface area contributed by atoms with E-state index in [1.54, 1.807) is 7.05 Å². The number of rotatable bonds is 9. The van der Waals surface area contributed by atoms with Gasteiger partial charge in [0.1, 0.15) is 11.9 Å². The molecule has 1 unspecified atom stereocenters. The molecule has 0 saturated carbocycles. The van der Waals surface area contributed by atoms with E-state index in [1.165, 1.54) is 17.7 Å². The zero-order valence-electron chi connectivity index (χ0n) is 14.2. The van der Waals surface area contributed by atoms with Crippen molar-refractivity contribution in [2.75, 3.05) is 32.1 Å². The highest BCUT2D eigenvalue weighted by Crippen LogP contribution is 2.13. The van der Waals surface area contributed by atoms with Gasteiger partial charge in [-0.05, 0) is 56.4 Å². The molecule has 0 aliphatic rings. The largest absolute Gasteiger partial charge is 0.489 e.